The molecule has 1 unspecified atom stereocenters. The summed E-state index contributed by atoms with van der Waals surface area (Å²) in [6, 6.07) is 0.287. The number of halogens is 3. The van der Waals surface area contributed by atoms with E-state index in [-0.39, 0.29) is 12.5 Å². The zero-order valence-corrected chi connectivity index (χ0v) is 11.4. The zero-order chi connectivity index (χ0) is 13.4. The average Bonchev–Trinajstić information content (AvgIpc) is 2.76. The van der Waals surface area contributed by atoms with Crippen LogP contribution in [0, 0.1) is 5.92 Å². The first-order valence-electron chi connectivity index (χ1n) is 7.31. The third kappa shape index (κ3) is 7.24. The predicted octanol–water partition coefficient (Wildman–Crippen LogP) is 4.67. The van der Waals surface area contributed by atoms with Crippen molar-refractivity contribution in [2.24, 2.45) is 5.92 Å². The van der Waals surface area contributed by atoms with Crippen LogP contribution >= 0.6 is 0 Å². The largest absolute Gasteiger partial charge is 0.389 e. The van der Waals surface area contributed by atoms with E-state index in [2.05, 4.69) is 12.2 Å². The molecule has 1 nitrogen and oxygen atoms in total. The van der Waals surface area contributed by atoms with Crippen LogP contribution in [0.15, 0.2) is 0 Å². The Morgan fingerprint density at radius 3 is 2.44 bits per heavy atom. The fourth-order valence-corrected chi connectivity index (χ4v) is 2.85. The van der Waals surface area contributed by atoms with E-state index in [0.29, 0.717) is 6.42 Å². The fourth-order valence-electron chi connectivity index (χ4n) is 2.85. The van der Waals surface area contributed by atoms with E-state index in [1.54, 1.807) is 0 Å². The third-order valence-corrected chi connectivity index (χ3v) is 3.79. The molecule has 0 heterocycles. The van der Waals surface area contributed by atoms with Crippen molar-refractivity contribution in [3.63, 3.8) is 0 Å². The van der Waals surface area contributed by atoms with Crippen LogP contribution < -0.4 is 5.32 Å². The summed E-state index contributed by atoms with van der Waals surface area (Å²) in [6.07, 6.45) is 3.53. The van der Waals surface area contributed by atoms with Crippen LogP contribution in [0.5, 0.6) is 0 Å². The molecule has 1 saturated carbocycles. The van der Waals surface area contributed by atoms with E-state index in [1.165, 1.54) is 25.7 Å². The summed E-state index contributed by atoms with van der Waals surface area (Å²) in [5.74, 6) is 0.741. The molecule has 108 valence electrons. The standard InChI is InChI=1S/C14H26F3N/c1-2-10-18-13(8-5-9-14(15,16)17)11-12-6-3-4-7-12/h12-13,18H,2-11H2,1H3. The summed E-state index contributed by atoms with van der Waals surface area (Å²) in [7, 11) is 0. The Morgan fingerprint density at radius 1 is 1.22 bits per heavy atom. The number of alkyl halides is 3. The predicted molar refractivity (Wildman–Crippen MR) is 68.6 cm³/mol. The molecule has 0 amide bonds. The van der Waals surface area contributed by atoms with Crippen LogP contribution in [0.2, 0.25) is 0 Å². The molecule has 1 atom stereocenters. The summed E-state index contributed by atoms with van der Waals surface area (Å²) in [6.45, 7) is 3.01. The lowest BCUT2D eigenvalue weighted by atomic mass is 9.95. The van der Waals surface area contributed by atoms with Crippen molar-refractivity contribution in [1.82, 2.24) is 5.32 Å². The lowest BCUT2D eigenvalue weighted by molar-refractivity contribution is -0.135. The minimum atomic E-state index is -4.00. The van der Waals surface area contributed by atoms with E-state index in [0.717, 1.165) is 25.3 Å². The lowest BCUT2D eigenvalue weighted by Crippen LogP contribution is -2.31. The third-order valence-electron chi connectivity index (χ3n) is 3.79. The highest BCUT2D eigenvalue weighted by molar-refractivity contribution is 4.76. The van der Waals surface area contributed by atoms with Gasteiger partial charge in [-0.05, 0) is 38.1 Å². The minimum absolute atomic E-state index is 0.262. The maximum atomic E-state index is 12.1. The first kappa shape index (κ1) is 15.8. The Hall–Kier alpha value is -0.250. The van der Waals surface area contributed by atoms with Crippen LogP contribution in [0.4, 0.5) is 13.2 Å². The maximum absolute atomic E-state index is 12.1. The van der Waals surface area contributed by atoms with Gasteiger partial charge in [0, 0.05) is 12.5 Å². The molecular weight excluding hydrogens is 239 g/mol. The van der Waals surface area contributed by atoms with E-state index in [1.807, 2.05) is 0 Å². The molecule has 1 aliphatic rings. The van der Waals surface area contributed by atoms with E-state index in [4.69, 9.17) is 0 Å². The summed E-state index contributed by atoms with van der Waals surface area (Å²) in [5, 5.41) is 3.42. The Balaban J connectivity index is 2.25. The highest BCUT2D eigenvalue weighted by Gasteiger charge is 2.27. The highest BCUT2D eigenvalue weighted by atomic mass is 19.4. The van der Waals surface area contributed by atoms with Crippen LogP contribution in [0.25, 0.3) is 0 Å². The second-order valence-corrected chi connectivity index (χ2v) is 5.54. The molecule has 0 radical (unpaired) electrons. The van der Waals surface area contributed by atoms with Gasteiger partial charge in [0.2, 0.25) is 0 Å². The van der Waals surface area contributed by atoms with Crippen molar-refractivity contribution < 1.29 is 13.2 Å². The monoisotopic (exact) mass is 265 g/mol. The second kappa shape index (κ2) is 8.03. The Kier molecular flexibility index (Phi) is 7.05. The molecule has 1 fully saturated rings. The zero-order valence-electron chi connectivity index (χ0n) is 11.4. The Labute approximate surface area is 109 Å². The summed E-state index contributed by atoms with van der Waals surface area (Å²) < 4.78 is 36.4. The van der Waals surface area contributed by atoms with Crippen molar-refractivity contribution in [3.05, 3.63) is 0 Å². The van der Waals surface area contributed by atoms with Crippen LogP contribution in [0.3, 0.4) is 0 Å². The van der Waals surface area contributed by atoms with Gasteiger partial charge in [-0.3, -0.25) is 0 Å². The molecular formula is C14H26F3N. The van der Waals surface area contributed by atoms with Gasteiger partial charge >= 0.3 is 6.18 Å². The minimum Gasteiger partial charge on any atom is -0.314 e. The summed E-state index contributed by atoms with van der Waals surface area (Å²) in [5.41, 5.74) is 0. The molecule has 0 aromatic heterocycles. The molecule has 0 spiro atoms. The molecule has 0 bridgehead atoms. The number of nitrogens with one attached hydrogen (secondary N) is 1. The molecule has 1 N–H and O–H groups in total. The number of rotatable bonds is 8. The van der Waals surface area contributed by atoms with Gasteiger partial charge in [-0.25, -0.2) is 0 Å². The Morgan fingerprint density at radius 2 is 1.89 bits per heavy atom. The van der Waals surface area contributed by atoms with Gasteiger partial charge in [-0.2, -0.15) is 13.2 Å². The average molecular weight is 265 g/mol. The fraction of sp³-hybridized carbons (Fsp3) is 1.00. The SMILES string of the molecule is CCCNC(CCCC(F)(F)F)CC1CCCC1. The van der Waals surface area contributed by atoms with Crippen LogP contribution in [0.1, 0.15) is 64.7 Å². The maximum Gasteiger partial charge on any atom is 0.389 e. The van der Waals surface area contributed by atoms with E-state index in [9.17, 15) is 13.2 Å². The lowest BCUT2D eigenvalue weighted by Gasteiger charge is -2.22. The normalized spacial score (nSPS) is 19.3. The van der Waals surface area contributed by atoms with E-state index < -0.39 is 12.6 Å². The molecule has 1 rings (SSSR count). The molecule has 0 saturated heterocycles. The van der Waals surface area contributed by atoms with Crippen molar-refractivity contribution in [2.45, 2.75) is 76.9 Å². The number of hydrogen-bond donors (Lipinski definition) is 1. The van der Waals surface area contributed by atoms with Crippen molar-refractivity contribution in [2.75, 3.05) is 6.54 Å². The highest BCUT2D eigenvalue weighted by Crippen LogP contribution is 2.30. The summed E-state index contributed by atoms with van der Waals surface area (Å²) >= 11 is 0. The smallest absolute Gasteiger partial charge is 0.314 e. The molecule has 0 aromatic rings. The second-order valence-electron chi connectivity index (χ2n) is 5.54. The molecule has 0 aromatic carbocycles. The quantitative estimate of drug-likeness (QED) is 0.672. The van der Waals surface area contributed by atoms with E-state index >= 15 is 0 Å². The van der Waals surface area contributed by atoms with Gasteiger partial charge in [0.25, 0.3) is 0 Å². The topological polar surface area (TPSA) is 12.0 Å². The Bertz CT molecular complexity index is 210. The van der Waals surface area contributed by atoms with Gasteiger partial charge in [0.05, 0.1) is 0 Å². The van der Waals surface area contributed by atoms with Crippen LogP contribution in [-0.2, 0) is 0 Å². The van der Waals surface area contributed by atoms with Gasteiger partial charge in [-0.1, -0.05) is 32.6 Å². The number of hydrogen-bond acceptors (Lipinski definition) is 1. The first-order valence-corrected chi connectivity index (χ1v) is 7.31. The van der Waals surface area contributed by atoms with Gasteiger partial charge in [-0.15, -0.1) is 0 Å². The summed E-state index contributed by atoms with van der Waals surface area (Å²) in [4.78, 5) is 0. The van der Waals surface area contributed by atoms with Gasteiger partial charge in [0.15, 0.2) is 0 Å². The molecule has 0 aliphatic heterocycles. The molecule has 18 heavy (non-hydrogen) atoms. The molecule has 1 aliphatic carbocycles. The van der Waals surface area contributed by atoms with Gasteiger partial charge < -0.3 is 5.32 Å². The van der Waals surface area contributed by atoms with Crippen molar-refractivity contribution in [1.29, 1.82) is 0 Å². The van der Waals surface area contributed by atoms with Crippen molar-refractivity contribution in [3.8, 4) is 0 Å². The van der Waals surface area contributed by atoms with Crippen molar-refractivity contribution >= 4 is 0 Å². The van der Waals surface area contributed by atoms with Gasteiger partial charge in [0.1, 0.15) is 0 Å². The first-order chi connectivity index (χ1) is 8.51. The van der Waals surface area contributed by atoms with Crippen LogP contribution in [-0.4, -0.2) is 18.8 Å². The molecule has 4 heteroatoms.